The van der Waals surface area contributed by atoms with Crippen LogP contribution in [0.15, 0.2) is 47.4 Å². The van der Waals surface area contributed by atoms with Gasteiger partial charge in [-0.25, -0.2) is 0 Å². The van der Waals surface area contributed by atoms with Crippen LogP contribution in [0.2, 0.25) is 0 Å². The van der Waals surface area contributed by atoms with Crippen molar-refractivity contribution in [3.63, 3.8) is 0 Å². The molecule has 1 aliphatic rings. The van der Waals surface area contributed by atoms with Crippen molar-refractivity contribution in [2.75, 3.05) is 38.4 Å². The highest BCUT2D eigenvalue weighted by Crippen LogP contribution is 2.31. The van der Waals surface area contributed by atoms with E-state index in [-0.39, 0.29) is 5.91 Å². The highest BCUT2D eigenvalue weighted by molar-refractivity contribution is 7.98. The van der Waals surface area contributed by atoms with Crippen molar-refractivity contribution < 1.29 is 14.3 Å². The van der Waals surface area contributed by atoms with Gasteiger partial charge in [-0.3, -0.25) is 4.79 Å². The zero-order chi connectivity index (χ0) is 18.4. The molecule has 1 heterocycles. The lowest BCUT2D eigenvalue weighted by molar-refractivity contribution is -0.116. The Kier molecular flexibility index (Phi) is 6.41. The summed E-state index contributed by atoms with van der Waals surface area (Å²) < 4.78 is 11.2. The molecule has 138 valence electrons. The van der Waals surface area contributed by atoms with Crippen LogP contribution in [0.25, 0.3) is 0 Å². The SMILES string of the molecule is CSc1ccccc1NC(=O)CCN(C)Cc1ccc2c(c1)OCCO2. The van der Waals surface area contributed by atoms with Gasteiger partial charge in [0.15, 0.2) is 11.5 Å². The molecular formula is C20H24N2O3S. The molecule has 0 atom stereocenters. The Balaban J connectivity index is 1.49. The molecule has 0 spiro atoms. The largest absolute Gasteiger partial charge is 0.486 e. The number of carbonyl (C=O) groups excluding carboxylic acids is 1. The number of hydrogen-bond donors (Lipinski definition) is 1. The molecule has 1 aliphatic heterocycles. The number of ether oxygens (including phenoxy) is 2. The average Bonchev–Trinajstić information content (AvgIpc) is 2.67. The predicted octanol–water partition coefficient (Wildman–Crippen LogP) is 3.64. The van der Waals surface area contributed by atoms with Gasteiger partial charge in [-0.2, -0.15) is 0 Å². The molecule has 0 radical (unpaired) electrons. The summed E-state index contributed by atoms with van der Waals surface area (Å²) >= 11 is 1.63. The summed E-state index contributed by atoms with van der Waals surface area (Å²) in [4.78, 5) is 15.5. The molecule has 0 saturated carbocycles. The van der Waals surface area contributed by atoms with E-state index in [1.807, 2.05) is 55.8 Å². The van der Waals surface area contributed by atoms with Crippen molar-refractivity contribution in [3.8, 4) is 11.5 Å². The first-order valence-corrected chi connectivity index (χ1v) is 9.88. The topological polar surface area (TPSA) is 50.8 Å². The summed E-state index contributed by atoms with van der Waals surface area (Å²) in [6, 6.07) is 13.9. The molecule has 0 aromatic heterocycles. The Bertz CT molecular complexity index is 766. The van der Waals surface area contributed by atoms with Crippen LogP contribution in [0.4, 0.5) is 5.69 Å². The number of rotatable bonds is 7. The second-order valence-corrected chi connectivity index (χ2v) is 7.06. The summed E-state index contributed by atoms with van der Waals surface area (Å²) in [6.07, 6.45) is 2.45. The van der Waals surface area contributed by atoms with Crippen LogP contribution in [-0.2, 0) is 11.3 Å². The molecule has 0 bridgehead atoms. The van der Waals surface area contributed by atoms with E-state index in [4.69, 9.17) is 9.47 Å². The van der Waals surface area contributed by atoms with E-state index in [1.165, 1.54) is 0 Å². The third-order valence-electron chi connectivity index (χ3n) is 4.16. The van der Waals surface area contributed by atoms with Gasteiger partial charge in [0.1, 0.15) is 13.2 Å². The van der Waals surface area contributed by atoms with Gasteiger partial charge in [0.05, 0.1) is 5.69 Å². The number of hydrogen-bond acceptors (Lipinski definition) is 5. The van der Waals surface area contributed by atoms with E-state index in [0.29, 0.717) is 26.2 Å². The van der Waals surface area contributed by atoms with E-state index >= 15 is 0 Å². The molecule has 0 saturated heterocycles. The van der Waals surface area contributed by atoms with Gasteiger partial charge >= 0.3 is 0 Å². The first-order chi connectivity index (χ1) is 12.7. The average molecular weight is 372 g/mol. The number of nitrogens with zero attached hydrogens (tertiary/aromatic N) is 1. The summed E-state index contributed by atoms with van der Waals surface area (Å²) in [6.45, 7) is 2.62. The normalized spacial score (nSPS) is 12.9. The maximum Gasteiger partial charge on any atom is 0.225 e. The zero-order valence-corrected chi connectivity index (χ0v) is 16.0. The summed E-state index contributed by atoms with van der Waals surface area (Å²) in [5.41, 5.74) is 2.02. The minimum atomic E-state index is 0.0283. The molecule has 0 aliphatic carbocycles. The molecule has 1 amide bonds. The van der Waals surface area contributed by atoms with Crippen LogP contribution >= 0.6 is 11.8 Å². The number of benzene rings is 2. The van der Waals surface area contributed by atoms with E-state index in [2.05, 4.69) is 10.2 Å². The summed E-state index contributed by atoms with van der Waals surface area (Å²) in [5, 5.41) is 3.00. The minimum absolute atomic E-state index is 0.0283. The Morgan fingerprint density at radius 3 is 2.73 bits per heavy atom. The number of amides is 1. The van der Waals surface area contributed by atoms with Crippen LogP contribution in [0.5, 0.6) is 11.5 Å². The Morgan fingerprint density at radius 1 is 1.15 bits per heavy atom. The lowest BCUT2D eigenvalue weighted by Crippen LogP contribution is -2.24. The monoisotopic (exact) mass is 372 g/mol. The molecule has 1 N–H and O–H groups in total. The highest BCUT2D eigenvalue weighted by Gasteiger charge is 2.13. The lowest BCUT2D eigenvalue weighted by atomic mass is 10.2. The molecule has 5 nitrogen and oxygen atoms in total. The maximum absolute atomic E-state index is 12.2. The van der Waals surface area contributed by atoms with Crippen LogP contribution < -0.4 is 14.8 Å². The van der Waals surface area contributed by atoms with E-state index in [1.54, 1.807) is 11.8 Å². The fourth-order valence-electron chi connectivity index (χ4n) is 2.83. The maximum atomic E-state index is 12.2. The van der Waals surface area contributed by atoms with Gasteiger partial charge in [-0.05, 0) is 43.1 Å². The molecule has 0 unspecified atom stereocenters. The second kappa shape index (κ2) is 8.96. The van der Waals surface area contributed by atoms with Crippen molar-refractivity contribution in [1.82, 2.24) is 4.90 Å². The van der Waals surface area contributed by atoms with Gasteiger partial charge in [0.25, 0.3) is 0 Å². The molecule has 3 rings (SSSR count). The number of fused-ring (bicyclic) bond motifs is 1. The van der Waals surface area contributed by atoms with Crippen LogP contribution in [-0.4, -0.2) is 43.9 Å². The summed E-state index contributed by atoms with van der Waals surface area (Å²) in [7, 11) is 2.01. The molecule has 2 aromatic rings. The van der Waals surface area contributed by atoms with E-state index < -0.39 is 0 Å². The standard InChI is InChI=1S/C20H24N2O3S/c1-22(14-15-7-8-17-18(13-15)25-12-11-24-17)10-9-20(23)21-16-5-3-4-6-19(16)26-2/h3-8,13H,9-12,14H2,1-2H3,(H,21,23). The second-order valence-electron chi connectivity index (χ2n) is 6.21. The quantitative estimate of drug-likeness (QED) is 0.752. The first kappa shape index (κ1) is 18.6. The molecule has 0 fully saturated rings. The Hall–Kier alpha value is -2.18. The lowest BCUT2D eigenvalue weighted by Gasteiger charge is -2.21. The van der Waals surface area contributed by atoms with E-state index in [9.17, 15) is 4.79 Å². The fraction of sp³-hybridized carbons (Fsp3) is 0.350. The van der Waals surface area contributed by atoms with Crippen molar-refractivity contribution in [3.05, 3.63) is 48.0 Å². The number of nitrogens with one attached hydrogen (secondary N) is 1. The van der Waals surface area contributed by atoms with Crippen LogP contribution in [0.3, 0.4) is 0 Å². The van der Waals surface area contributed by atoms with Crippen molar-refractivity contribution in [2.45, 2.75) is 17.9 Å². The van der Waals surface area contributed by atoms with Crippen molar-refractivity contribution in [2.24, 2.45) is 0 Å². The van der Waals surface area contributed by atoms with Gasteiger partial charge < -0.3 is 19.7 Å². The van der Waals surface area contributed by atoms with E-state index in [0.717, 1.165) is 34.2 Å². The number of para-hydroxylation sites is 1. The molecule has 26 heavy (non-hydrogen) atoms. The molecule has 6 heteroatoms. The first-order valence-electron chi connectivity index (χ1n) is 8.65. The van der Waals surface area contributed by atoms with Crippen LogP contribution in [0.1, 0.15) is 12.0 Å². The molecule has 2 aromatic carbocycles. The Labute approximate surface area is 158 Å². The van der Waals surface area contributed by atoms with Gasteiger partial charge in [-0.1, -0.05) is 18.2 Å². The van der Waals surface area contributed by atoms with Crippen LogP contribution in [0, 0.1) is 0 Å². The number of thioether (sulfide) groups is 1. The van der Waals surface area contributed by atoms with Crippen molar-refractivity contribution in [1.29, 1.82) is 0 Å². The summed E-state index contributed by atoms with van der Waals surface area (Å²) in [5.74, 6) is 1.63. The van der Waals surface area contributed by atoms with Gasteiger partial charge in [0.2, 0.25) is 5.91 Å². The van der Waals surface area contributed by atoms with Gasteiger partial charge in [-0.15, -0.1) is 11.8 Å². The predicted molar refractivity (Wildman–Crippen MR) is 105 cm³/mol. The zero-order valence-electron chi connectivity index (χ0n) is 15.2. The Morgan fingerprint density at radius 2 is 1.92 bits per heavy atom. The smallest absolute Gasteiger partial charge is 0.225 e. The fourth-order valence-corrected chi connectivity index (χ4v) is 3.38. The van der Waals surface area contributed by atoms with Gasteiger partial charge in [0, 0.05) is 24.4 Å². The molecular weight excluding hydrogens is 348 g/mol. The van der Waals surface area contributed by atoms with Crippen molar-refractivity contribution >= 4 is 23.4 Å². The third-order valence-corrected chi connectivity index (χ3v) is 4.96. The highest BCUT2D eigenvalue weighted by atomic mass is 32.2. The third kappa shape index (κ3) is 4.93. The number of carbonyl (C=O) groups is 1. The minimum Gasteiger partial charge on any atom is -0.486 e. The number of anilines is 1.